The van der Waals surface area contributed by atoms with Crippen molar-refractivity contribution in [1.29, 1.82) is 0 Å². The highest BCUT2D eigenvalue weighted by atomic mass is 16.5. The Morgan fingerprint density at radius 1 is 1.11 bits per heavy atom. The average molecular weight is 380 g/mol. The van der Waals surface area contributed by atoms with Gasteiger partial charge < -0.3 is 19.7 Å². The van der Waals surface area contributed by atoms with E-state index in [-0.39, 0.29) is 5.91 Å². The van der Waals surface area contributed by atoms with E-state index < -0.39 is 0 Å². The molecule has 0 saturated heterocycles. The van der Waals surface area contributed by atoms with Gasteiger partial charge >= 0.3 is 0 Å². The van der Waals surface area contributed by atoms with Gasteiger partial charge in [0.1, 0.15) is 11.5 Å². The van der Waals surface area contributed by atoms with Gasteiger partial charge in [-0.25, -0.2) is 0 Å². The molecule has 0 radical (unpaired) electrons. The smallest absolute Gasteiger partial charge is 0.228 e. The fourth-order valence-corrected chi connectivity index (χ4v) is 4.20. The molecule has 0 atom stereocenters. The maximum atomic E-state index is 12.8. The summed E-state index contributed by atoms with van der Waals surface area (Å²) in [5.74, 6) is 1.80. The number of fused-ring (bicyclic) bond motifs is 2. The molecule has 1 amide bonds. The lowest BCUT2D eigenvalue weighted by molar-refractivity contribution is -0.115. The second-order valence-corrected chi connectivity index (χ2v) is 7.41. The fourth-order valence-electron chi connectivity index (χ4n) is 4.20. The third-order valence-corrected chi connectivity index (χ3v) is 5.71. The van der Waals surface area contributed by atoms with Gasteiger partial charge in [0.15, 0.2) is 0 Å². The molecule has 2 heterocycles. The maximum absolute atomic E-state index is 12.8. The fraction of sp³-hybridized carbons (Fsp3) is 0.435. The van der Waals surface area contributed by atoms with Crippen LogP contribution in [0, 0.1) is 6.92 Å². The monoisotopic (exact) mass is 380 g/mol. The molecule has 0 unspecified atom stereocenters. The molecule has 2 aliphatic heterocycles. The molecule has 0 aliphatic carbocycles. The number of carbonyl (C=O) groups is 1. The summed E-state index contributed by atoms with van der Waals surface area (Å²) in [7, 11) is 0. The molecule has 0 bridgehead atoms. The Hall–Kier alpha value is -2.69. The minimum Gasteiger partial charge on any atom is -0.493 e. The number of nitrogens with zero attached hydrogens (tertiary/aromatic N) is 1. The minimum absolute atomic E-state index is 0.0170. The zero-order valence-corrected chi connectivity index (χ0v) is 16.9. The molecular weight excluding hydrogens is 352 g/mol. The molecule has 28 heavy (non-hydrogen) atoms. The number of nitrogens with one attached hydrogen (secondary N) is 1. The van der Waals surface area contributed by atoms with E-state index in [1.807, 2.05) is 13.0 Å². The molecular formula is C23H28N2O3. The first-order chi connectivity index (χ1) is 13.6. The summed E-state index contributed by atoms with van der Waals surface area (Å²) in [6.07, 6.45) is 2.03. The molecule has 148 valence electrons. The summed E-state index contributed by atoms with van der Waals surface area (Å²) >= 11 is 0. The van der Waals surface area contributed by atoms with Crippen LogP contribution in [0.5, 0.6) is 11.5 Å². The Morgan fingerprint density at radius 2 is 1.89 bits per heavy atom. The highest BCUT2D eigenvalue weighted by Crippen LogP contribution is 2.41. The lowest BCUT2D eigenvalue weighted by Gasteiger charge is -2.22. The van der Waals surface area contributed by atoms with Crippen molar-refractivity contribution in [1.82, 2.24) is 0 Å². The zero-order valence-electron chi connectivity index (χ0n) is 16.9. The van der Waals surface area contributed by atoms with Crippen molar-refractivity contribution in [2.24, 2.45) is 0 Å². The standard InChI is InChI=1S/C23H28N2O3/c1-4-25(5-2)17-6-7-20(15(3)12-17)24-22(26)14-19-18-9-11-27-21(18)13-16-8-10-28-23(16)19/h6-7,12-13H,4-5,8-11,14H2,1-3H3,(H,24,26). The third-order valence-electron chi connectivity index (χ3n) is 5.71. The van der Waals surface area contributed by atoms with Crippen LogP contribution in [-0.2, 0) is 24.1 Å². The highest BCUT2D eigenvalue weighted by Gasteiger charge is 2.27. The Balaban J connectivity index is 1.53. The van der Waals surface area contributed by atoms with Crippen LogP contribution in [0.2, 0.25) is 0 Å². The summed E-state index contributed by atoms with van der Waals surface area (Å²) in [4.78, 5) is 15.1. The van der Waals surface area contributed by atoms with E-state index >= 15 is 0 Å². The van der Waals surface area contributed by atoms with E-state index in [4.69, 9.17) is 9.47 Å². The Kier molecular flexibility index (Phi) is 5.16. The number of ether oxygens (including phenoxy) is 2. The number of hydrogen-bond donors (Lipinski definition) is 1. The van der Waals surface area contributed by atoms with E-state index in [0.717, 1.165) is 65.4 Å². The molecule has 5 heteroatoms. The number of rotatable bonds is 6. The maximum Gasteiger partial charge on any atom is 0.228 e. The summed E-state index contributed by atoms with van der Waals surface area (Å²) in [6, 6.07) is 8.30. The van der Waals surface area contributed by atoms with Gasteiger partial charge in [-0.3, -0.25) is 4.79 Å². The van der Waals surface area contributed by atoms with E-state index in [2.05, 4.69) is 42.3 Å². The van der Waals surface area contributed by atoms with Crippen LogP contribution in [0.15, 0.2) is 24.3 Å². The zero-order chi connectivity index (χ0) is 19.7. The van der Waals surface area contributed by atoms with Crippen LogP contribution < -0.4 is 19.7 Å². The van der Waals surface area contributed by atoms with Crippen LogP contribution in [0.4, 0.5) is 11.4 Å². The Labute approximate surface area is 166 Å². The number of aryl methyl sites for hydroxylation is 1. The average Bonchev–Trinajstić information content (AvgIpc) is 3.34. The van der Waals surface area contributed by atoms with Gasteiger partial charge in [0.2, 0.25) is 5.91 Å². The van der Waals surface area contributed by atoms with Crippen molar-refractivity contribution in [2.75, 3.05) is 36.5 Å². The quantitative estimate of drug-likeness (QED) is 0.826. The molecule has 2 aromatic rings. The molecule has 0 fully saturated rings. The van der Waals surface area contributed by atoms with Gasteiger partial charge in [0.25, 0.3) is 0 Å². The lowest BCUT2D eigenvalue weighted by atomic mass is 9.97. The van der Waals surface area contributed by atoms with Crippen molar-refractivity contribution >= 4 is 17.3 Å². The van der Waals surface area contributed by atoms with E-state index in [0.29, 0.717) is 19.6 Å². The van der Waals surface area contributed by atoms with Gasteiger partial charge in [-0.05, 0) is 50.6 Å². The largest absolute Gasteiger partial charge is 0.493 e. The predicted octanol–water partition coefficient (Wildman–Crippen LogP) is 3.89. The normalized spacial score (nSPS) is 14.1. The van der Waals surface area contributed by atoms with Crippen molar-refractivity contribution in [3.8, 4) is 11.5 Å². The van der Waals surface area contributed by atoms with E-state index in [1.54, 1.807) is 0 Å². The van der Waals surface area contributed by atoms with E-state index in [1.165, 1.54) is 5.69 Å². The van der Waals surface area contributed by atoms with Crippen LogP contribution in [0.25, 0.3) is 0 Å². The first-order valence-corrected chi connectivity index (χ1v) is 10.2. The number of carbonyl (C=O) groups excluding carboxylic acids is 1. The lowest BCUT2D eigenvalue weighted by Crippen LogP contribution is -2.22. The predicted molar refractivity (Wildman–Crippen MR) is 112 cm³/mol. The summed E-state index contributed by atoms with van der Waals surface area (Å²) in [5.41, 5.74) is 6.40. The van der Waals surface area contributed by atoms with Crippen LogP contribution in [-0.4, -0.2) is 32.2 Å². The van der Waals surface area contributed by atoms with E-state index in [9.17, 15) is 4.79 Å². The van der Waals surface area contributed by atoms with Gasteiger partial charge in [-0.2, -0.15) is 0 Å². The Morgan fingerprint density at radius 3 is 2.64 bits per heavy atom. The summed E-state index contributed by atoms with van der Waals surface area (Å²) < 4.78 is 11.6. The summed E-state index contributed by atoms with van der Waals surface area (Å²) in [6.45, 7) is 9.63. The number of benzene rings is 2. The topological polar surface area (TPSA) is 50.8 Å². The summed E-state index contributed by atoms with van der Waals surface area (Å²) in [5, 5.41) is 3.09. The molecule has 0 aromatic heterocycles. The van der Waals surface area contributed by atoms with Gasteiger partial charge in [0.05, 0.1) is 19.6 Å². The van der Waals surface area contributed by atoms with Crippen molar-refractivity contribution in [3.05, 3.63) is 46.5 Å². The van der Waals surface area contributed by atoms with Crippen LogP contribution in [0.3, 0.4) is 0 Å². The van der Waals surface area contributed by atoms with Gasteiger partial charge in [-0.1, -0.05) is 0 Å². The third kappa shape index (κ3) is 3.41. The van der Waals surface area contributed by atoms with Gasteiger partial charge in [-0.15, -0.1) is 0 Å². The molecule has 5 nitrogen and oxygen atoms in total. The Bertz CT molecular complexity index is 871. The SMILES string of the molecule is CCN(CC)c1ccc(NC(=O)Cc2c3c(cc4c2OCC4)OCC3)c(C)c1. The molecule has 2 aromatic carbocycles. The molecule has 4 rings (SSSR count). The number of anilines is 2. The molecule has 0 saturated carbocycles. The molecule has 0 spiro atoms. The van der Waals surface area contributed by atoms with Crippen LogP contribution >= 0.6 is 0 Å². The second kappa shape index (κ2) is 7.74. The number of hydrogen-bond acceptors (Lipinski definition) is 4. The highest BCUT2D eigenvalue weighted by molar-refractivity contribution is 5.94. The first kappa shape index (κ1) is 18.7. The van der Waals surface area contributed by atoms with Crippen molar-refractivity contribution in [3.63, 3.8) is 0 Å². The minimum atomic E-state index is -0.0170. The second-order valence-electron chi connectivity index (χ2n) is 7.41. The van der Waals surface area contributed by atoms with Crippen LogP contribution in [0.1, 0.15) is 36.1 Å². The molecule has 1 N–H and O–H groups in total. The van der Waals surface area contributed by atoms with Crippen molar-refractivity contribution < 1.29 is 14.3 Å². The van der Waals surface area contributed by atoms with Gasteiger partial charge in [0, 0.05) is 54.0 Å². The molecule has 2 aliphatic rings. The van der Waals surface area contributed by atoms with Crippen molar-refractivity contribution in [2.45, 2.75) is 40.0 Å². The number of amides is 1. The first-order valence-electron chi connectivity index (χ1n) is 10.2.